The van der Waals surface area contributed by atoms with Crippen LogP contribution in [0.25, 0.3) is 28.2 Å². The van der Waals surface area contributed by atoms with Crippen LogP contribution in [0.4, 0.5) is 0 Å². The fourth-order valence-electron chi connectivity index (χ4n) is 6.86. The monoisotopic (exact) mass is 830 g/mol. The summed E-state index contributed by atoms with van der Waals surface area (Å²) < 4.78 is 32.2. The van der Waals surface area contributed by atoms with E-state index in [1.165, 1.54) is 0 Å². The Morgan fingerprint density at radius 3 is 2.63 bits per heavy atom. The minimum atomic E-state index is -1.87. The maximum atomic E-state index is 6.70. The Balaban J connectivity index is 1.20. The molecular weight excluding hydrogens is 775 g/mol. The maximum absolute atomic E-state index is 6.70. The van der Waals surface area contributed by atoms with Gasteiger partial charge in [0.2, 0.25) is 11.8 Å². The van der Waals surface area contributed by atoms with Gasteiger partial charge in [-0.15, -0.1) is 5.10 Å². The van der Waals surface area contributed by atoms with E-state index in [9.17, 15) is 0 Å². The van der Waals surface area contributed by atoms with Gasteiger partial charge >= 0.3 is 0 Å². The van der Waals surface area contributed by atoms with E-state index in [4.69, 9.17) is 38.9 Å². The number of nitrogens with zero attached hydrogens (tertiary/aromatic N) is 8. The number of pyridine rings is 1. The second-order valence-electron chi connectivity index (χ2n) is 15.2. The average molecular weight is 831 g/mol. The highest BCUT2D eigenvalue weighted by Crippen LogP contribution is 2.38. The number of aryl methyl sites for hydroxylation is 2. The summed E-state index contributed by atoms with van der Waals surface area (Å²) in [5.41, 5.74) is 5.50. The molecule has 14 heteroatoms. The first-order chi connectivity index (χ1) is 24.3. The van der Waals surface area contributed by atoms with Crippen molar-refractivity contribution < 1.29 is 18.6 Å². The van der Waals surface area contributed by atoms with E-state index in [-0.39, 0.29) is 17.3 Å². The molecule has 0 aliphatic carbocycles. The number of fused-ring (bicyclic) bond motifs is 1. The molecule has 0 saturated carbocycles. The number of ether oxygens (including phenoxy) is 3. The molecular formula is C37H55IN8O4Si. The topological polar surface area (TPSA) is 107 Å². The van der Waals surface area contributed by atoms with Gasteiger partial charge < -0.3 is 18.6 Å². The van der Waals surface area contributed by atoms with E-state index in [1.807, 2.05) is 36.5 Å². The summed E-state index contributed by atoms with van der Waals surface area (Å²) in [6.07, 6.45) is 8.93. The number of aromatic nitrogens is 7. The van der Waals surface area contributed by atoms with Gasteiger partial charge in [0.1, 0.15) is 6.61 Å². The molecule has 2 aliphatic rings. The zero-order valence-electron chi connectivity index (χ0n) is 31.7. The number of rotatable bonds is 14. The molecule has 1 unspecified atom stereocenters. The van der Waals surface area contributed by atoms with Crippen molar-refractivity contribution in [2.45, 2.75) is 110 Å². The van der Waals surface area contributed by atoms with Gasteiger partial charge in [0.15, 0.2) is 14.5 Å². The van der Waals surface area contributed by atoms with Crippen LogP contribution in [0.15, 0.2) is 18.8 Å². The van der Waals surface area contributed by atoms with Gasteiger partial charge in [-0.25, -0.2) is 9.36 Å². The molecule has 12 nitrogen and oxygen atoms in total. The molecule has 4 aromatic heterocycles. The van der Waals surface area contributed by atoms with E-state index in [0.717, 1.165) is 100 Å². The Bertz CT molecular complexity index is 1840. The minimum absolute atomic E-state index is 0.0840. The molecule has 0 aromatic carbocycles. The van der Waals surface area contributed by atoms with Crippen LogP contribution >= 0.6 is 22.6 Å². The molecule has 2 atom stereocenters. The Kier molecular flexibility index (Phi) is 11.7. The lowest BCUT2D eigenvalue weighted by Gasteiger charge is -2.36. The summed E-state index contributed by atoms with van der Waals surface area (Å²) in [4.78, 5) is 7.45. The first-order valence-corrected chi connectivity index (χ1v) is 22.4. The van der Waals surface area contributed by atoms with Crippen molar-refractivity contribution in [1.82, 2.24) is 39.2 Å². The SMILES string of the molecule is C=Cc1nn(C2CCCCO2)c2cnc(-c3c(C)nn(C)c3OC[C@H]3CCCN3Cc3c(I)c(OCC)nn3CCO[Si](C)(C)C(C)(C)C)cc12. The fraction of sp³-hybridized carbons (Fsp3) is 0.622. The molecule has 278 valence electrons. The van der Waals surface area contributed by atoms with Crippen molar-refractivity contribution in [1.29, 1.82) is 0 Å². The zero-order chi connectivity index (χ0) is 36.5. The number of halogens is 1. The van der Waals surface area contributed by atoms with E-state index in [1.54, 1.807) is 6.08 Å². The highest BCUT2D eigenvalue weighted by atomic mass is 127. The van der Waals surface area contributed by atoms with Crippen LogP contribution < -0.4 is 9.47 Å². The highest BCUT2D eigenvalue weighted by molar-refractivity contribution is 14.1. The van der Waals surface area contributed by atoms with Gasteiger partial charge in [0.05, 0.1) is 63.4 Å². The number of hydrogen-bond donors (Lipinski definition) is 0. The summed E-state index contributed by atoms with van der Waals surface area (Å²) in [5, 5.41) is 15.7. The van der Waals surface area contributed by atoms with Gasteiger partial charge in [-0.05, 0) is 105 Å². The van der Waals surface area contributed by atoms with Crippen LogP contribution in [0.1, 0.15) is 83.1 Å². The predicted octanol–water partition coefficient (Wildman–Crippen LogP) is 7.75. The summed E-state index contributed by atoms with van der Waals surface area (Å²) >= 11 is 2.40. The van der Waals surface area contributed by atoms with Crippen molar-refractivity contribution in [3.63, 3.8) is 0 Å². The molecule has 2 aliphatic heterocycles. The summed E-state index contributed by atoms with van der Waals surface area (Å²) in [6, 6.07) is 2.33. The molecule has 4 aromatic rings. The highest BCUT2D eigenvalue weighted by Gasteiger charge is 2.37. The van der Waals surface area contributed by atoms with Gasteiger partial charge in [0, 0.05) is 31.6 Å². The Morgan fingerprint density at radius 2 is 1.92 bits per heavy atom. The average Bonchev–Trinajstić information content (AvgIpc) is 3.84. The third-order valence-electron chi connectivity index (χ3n) is 10.8. The second-order valence-corrected chi connectivity index (χ2v) is 21.1. The lowest BCUT2D eigenvalue weighted by atomic mass is 10.1. The lowest BCUT2D eigenvalue weighted by Crippen LogP contribution is -2.41. The van der Waals surface area contributed by atoms with Crippen molar-refractivity contribution in [3.8, 4) is 23.0 Å². The Hall–Kier alpha value is -2.79. The standard InChI is InChI=1S/C37H55IN8O4Si/c1-10-28-27-21-29(39-22-30(27)46(41-28)32-16-12-13-19-48-32)33-25(3)40-43(7)36(33)49-24-26-15-14-17-44(26)23-31-34(38)35(47-11-2)42-45(31)18-20-50-51(8,9)37(4,5)6/h10,21-22,26,32H,1,11-20,23-24H2,2-9H3/t26-,32?/m1/s1. The lowest BCUT2D eigenvalue weighted by molar-refractivity contribution is -0.0367. The van der Waals surface area contributed by atoms with E-state index in [0.29, 0.717) is 32.2 Å². The number of likely N-dealkylation sites (tertiary alicyclic amines) is 1. The molecule has 51 heavy (non-hydrogen) atoms. The molecule has 2 fully saturated rings. The molecule has 0 radical (unpaired) electrons. The van der Waals surface area contributed by atoms with Gasteiger partial charge in [-0.2, -0.15) is 10.2 Å². The third kappa shape index (κ3) is 7.94. The van der Waals surface area contributed by atoms with Crippen LogP contribution in [0.2, 0.25) is 18.1 Å². The largest absolute Gasteiger partial charge is 0.476 e. The first kappa shape index (κ1) is 37.9. The number of hydrogen-bond acceptors (Lipinski definition) is 9. The first-order valence-electron chi connectivity index (χ1n) is 18.4. The van der Waals surface area contributed by atoms with E-state index >= 15 is 0 Å². The van der Waals surface area contributed by atoms with Crippen LogP contribution in [-0.2, 0) is 29.3 Å². The quantitative estimate of drug-likeness (QED) is 0.0932. The predicted molar refractivity (Wildman–Crippen MR) is 212 cm³/mol. The second kappa shape index (κ2) is 15.7. The Morgan fingerprint density at radius 1 is 1.12 bits per heavy atom. The normalized spacial score (nSPS) is 18.9. The maximum Gasteiger partial charge on any atom is 0.246 e. The van der Waals surface area contributed by atoms with E-state index in [2.05, 4.69) is 78.7 Å². The van der Waals surface area contributed by atoms with Crippen molar-refractivity contribution in [2.75, 3.05) is 33.0 Å². The molecule has 0 amide bonds. The zero-order valence-corrected chi connectivity index (χ0v) is 34.8. The van der Waals surface area contributed by atoms with Gasteiger partial charge in [-0.3, -0.25) is 14.6 Å². The third-order valence-corrected chi connectivity index (χ3v) is 16.4. The molecule has 0 N–H and O–H groups in total. The Labute approximate surface area is 317 Å². The van der Waals surface area contributed by atoms with E-state index < -0.39 is 8.32 Å². The smallest absolute Gasteiger partial charge is 0.246 e. The minimum Gasteiger partial charge on any atom is -0.476 e. The summed E-state index contributed by atoms with van der Waals surface area (Å²) in [7, 11) is 0.0655. The summed E-state index contributed by atoms with van der Waals surface area (Å²) in [6.45, 7) is 24.4. The van der Waals surface area contributed by atoms with Gasteiger partial charge in [0.25, 0.3) is 0 Å². The molecule has 0 spiro atoms. The van der Waals surface area contributed by atoms with Crippen LogP contribution in [0.3, 0.4) is 0 Å². The van der Waals surface area contributed by atoms with Crippen LogP contribution in [0.5, 0.6) is 11.8 Å². The van der Waals surface area contributed by atoms with Crippen LogP contribution in [0, 0.1) is 10.5 Å². The molecule has 6 rings (SSSR count). The van der Waals surface area contributed by atoms with Crippen molar-refractivity contribution in [2.24, 2.45) is 7.05 Å². The summed E-state index contributed by atoms with van der Waals surface area (Å²) in [5.74, 6) is 1.42. The van der Waals surface area contributed by atoms with Crippen LogP contribution in [-0.4, -0.2) is 86.6 Å². The fourth-order valence-corrected chi connectivity index (χ4v) is 8.61. The molecule has 6 heterocycles. The van der Waals surface area contributed by atoms with Crippen molar-refractivity contribution >= 4 is 47.9 Å². The molecule has 0 bridgehead atoms. The van der Waals surface area contributed by atoms with Crippen molar-refractivity contribution in [3.05, 3.63) is 39.5 Å². The molecule has 2 saturated heterocycles. The van der Waals surface area contributed by atoms with Gasteiger partial charge in [-0.1, -0.05) is 27.4 Å².